The SMILES string of the molecule is [2H]c1c(C)ncc2c1OCc1cc3[nH]ncc3cc1-2. The molecule has 2 aromatic heterocycles. The van der Waals surface area contributed by atoms with Gasteiger partial charge in [0.2, 0.25) is 0 Å². The van der Waals surface area contributed by atoms with Crippen molar-refractivity contribution in [3.05, 3.63) is 41.8 Å². The molecule has 18 heavy (non-hydrogen) atoms. The van der Waals surface area contributed by atoms with Gasteiger partial charge in [0, 0.05) is 28.9 Å². The van der Waals surface area contributed by atoms with Gasteiger partial charge >= 0.3 is 0 Å². The van der Waals surface area contributed by atoms with E-state index in [1.54, 1.807) is 12.4 Å². The molecule has 0 unspecified atom stereocenters. The quantitative estimate of drug-likeness (QED) is 0.655. The number of rotatable bonds is 0. The highest BCUT2D eigenvalue weighted by atomic mass is 16.5. The average molecular weight is 238 g/mol. The molecule has 0 spiro atoms. The molecular weight excluding hydrogens is 226 g/mol. The highest BCUT2D eigenvalue weighted by Crippen LogP contribution is 2.38. The van der Waals surface area contributed by atoms with Crippen LogP contribution in [0.2, 0.25) is 0 Å². The Morgan fingerprint density at radius 2 is 2.28 bits per heavy atom. The Kier molecular flexibility index (Phi) is 1.60. The maximum absolute atomic E-state index is 8.04. The standard InChI is InChI=1S/C14H11N3O/c1-8-2-14-12(6-15-8)11-3-9-5-16-17-13(9)4-10(11)7-18-14/h2-6H,7H2,1H3,(H,16,17)/i2D. The molecule has 3 aromatic rings. The van der Waals surface area contributed by atoms with Crippen molar-refractivity contribution in [2.75, 3.05) is 0 Å². The van der Waals surface area contributed by atoms with Gasteiger partial charge < -0.3 is 4.74 Å². The number of hydrogen-bond acceptors (Lipinski definition) is 3. The predicted octanol–water partition coefficient (Wildman–Crippen LogP) is 2.83. The van der Waals surface area contributed by atoms with Gasteiger partial charge in [0.25, 0.3) is 0 Å². The van der Waals surface area contributed by atoms with Crippen molar-refractivity contribution < 1.29 is 6.11 Å². The number of aromatic amines is 1. The summed E-state index contributed by atoms with van der Waals surface area (Å²) in [7, 11) is 0. The van der Waals surface area contributed by atoms with Crippen molar-refractivity contribution >= 4 is 10.9 Å². The minimum Gasteiger partial charge on any atom is -0.488 e. The van der Waals surface area contributed by atoms with Crippen LogP contribution in [0.15, 0.2) is 30.6 Å². The lowest BCUT2D eigenvalue weighted by Gasteiger charge is -2.20. The third kappa shape index (κ3) is 1.26. The van der Waals surface area contributed by atoms with Gasteiger partial charge in [0.1, 0.15) is 12.4 Å². The van der Waals surface area contributed by atoms with Gasteiger partial charge in [-0.1, -0.05) is 0 Å². The molecule has 88 valence electrons. The van der Waals surface area contributed by atoms with Gasteiger partial charge in [-0.2, -0.15) is 5.10 Å². The molecule has 4 rings (SSSR count). The number of pyridine rings is 1. The highest BCUT2D eigenvalue weighted by Gasteiger charge is 2.18. The van der Waals surface area contributed by atoms with Crippen LogP contribution in [0.25, 0.3) is 22.0 Å². The zero-order valence-corrected chi connectivity index (χ0v) is 9.82. The van der Waals surface area contributed by atoms with Crippen LogP contribution >= 0.6 is 0 Å². The van der Waals surface area contributed by atoms with Gasteiger partial charge in [-0.25, -0.2) is 0 Å². The lowest BCUT2D eigenvalue weighted by molar-refractivity contribution is 0.302. The first-order chi connectivity index (χ1) is 9.24. The van der Waals surface area contributed by atoms with Crippen LogP contribution in [0.5, 0.6) is 5.75 Å². The van der Waals surface area contributed by atoms with Crippen molar-refractivity contribution in [2.45, 2.75) is 13.5 Å². The Bertz CT molecular complexity index is 810. The fourth-order valence-corrected chi connectivity index (χ4v) is 2.35. The molecular formula is C14H11N3O. The summed E-state index contributed by atoms with van der Waals surface area (Å²) in [6, 6.07) is 4.49. The van der Waals surface area contributed by atoms with Gasteiger partial charge in [-0.3, -0.25) is 10.1 Å². The van der Waals surface area contributed by atoms with Gasteiger partial charge in [0.15, 0.2) is 0 Å². The van der Waals surface area contributed by atoms with Crippen LogP contribution in [0.3, 0.4) is 0 Å². The Morgan fingerprint density at radius 1 is 1.33 bits per heavy atom. The molecule has 4 nitrogen and oxygen atoms in total. The number of aromatic nitrogens is 3. The van der Waals surface area contributed by atoms with Crippen LogP contribution in [0, 0.1) is 6.92 Å². The topological polar surface area (TPSA) is 50.8 Å². The number of benzene rings is 1. The van der Waals surface area contributed by atoms with Crippen LogP contribution < -0.4 is 4.74 Å². The second-order valence-electron chi connectivity index (χ2n) is 4.47. The number of nitrogens with one attached hydrogen (secondary N) is 1. The lowest BCUT2D eigenvalue weighted by atomic mass is 9.97. The summed E-state index contributed by atoms with van der Waals surface area (Å²) in [5, 5.41) is 8.05. The molecule has 0 amide bonds. The summed E-state index contributed by atoms with van der Waals surface area (Å²) in [5.74, 6) is 0.628. The minimum atomic E-state index is 0.371. The predicted molar refractivity (Wildman–Crippen MR) is 68.4 cm³/mol. The van der Waals surface area contributed by atoms with Crippen molar-refractivity contribution in [1.29, 1.82) is 0 Å². The van der Waals surface area contributed by atoms with Crippen LogP contribution in [0.1, 0.15) is 12.6 Å². The Balaban J connectivity index is 2.05. The second-order valence-corrected chi connectivity index (χ2v) is 4.47. The van der Waals surface area contributed by atoms with Crippen molar-refractivity contribution in [3.8, 4) is 16.9 Å². The summed E-state index contributed by atoms with van der Waals surface area (Å²) in [6.45, 7) is 2.30. The second kappa shape index (κ2) is 3.32. The maximum Gasteiger partial charge on any atom is 0.131 e. The van der Waals surface area contributed by atoms with Crippen molar-refractivity contribution in [3.63, 3.8) is 0 Å². The average Bonchev–Trinajstić information content (AvgIpc) is 2.87. The lowest BCUT2D eigenvalue weighted by Crippen LogP contribution is -2.06. The highest BCUT2D eigenvalue weighted by molar-refractivity contribution is 5.88. The van der Waals surface area contributed by atoms with Crippen LogP contribution in [0.4, 0.5) is 0 Å². The summed E-state index contributed by atoms with van der Waals surface area (Å²) in [6.07, 6.45) is 3.58. The molecule has 0 aliphatic carbocycles. The van der Waals surface area contributed by atoms with Gasteiger partial charge in [0.05, 0.1) is 13.1 Å². The van der Waals surface area contributed by atoms with E-state index < -0.39 is 0 Å². The van der Waals surface area contributed by atoms with E-state index in [9.17, 15) is 0 Å². The minimum absolute atomic E-state index is 0.371. The molecule has 1 aliphatic rings. The summed E-state index contributed by atoms with van der Waals surface area (Å²) >= 11 is 0. The molecule has 3 heterocycles. The first kappa shape index (κ1) is 8.69. The summed E-state index contributed by atoms with van der Waals surface area (Å²) in [4.78, 5) is 4.27. The molecule has 4 heteroatoms. The Labute approximate surface area is 105 Å². The molecule has 0 radical (unpaired) electrons. The number of aryl methyl sites for hydroxylation is 1. The van der Waals surface area contributed by atoms with Crippen molar-refractivity contribution in [1.82, 2.24) is 15.2 Å². The fraction of sp³-hybridized carbons (Fsp3) is 0.143. The molecule has 0 saturated carbocycles. The van der Waals surface area contributed by atoms with Gasteiger partial charge in [-0.15, -0.1) is 0 Å². The van der Waals surface area contributed by atoms with E-state index in [1.165, 1.54) is 0 Å². The van der Waals surface area contributed by atoms with Crippen LogP contribution in [-0.2, 0) is 6.61 Å². The van der Waals surface area contributed by atoms with Crippen LogP contribution in [-0.4, -0.2) is 15.2 Å². The third-order valence-electron chi connectivity index (χ3n) is 3.25. The smallest absolute Gasteiger partial charge is 0.131 e. The fourth-order valence-electron chi connectivity index (χ4n) is 2.35. The largest absolute Gasteiger partial charge is 0.488 e. The monoisotopic (exact) mass is 238 g/mol. The first-order valence-corrected chi connectivity index (χ1v) is 5.79. The van der Waals surface area contributed by atoms with E-state index in [0.29, 0.717) is 24.1 Å². The summed E-state index contributed by atoms with van der Waals surface area (Å²) < 4.78 is 13.8. The maximum atomic E-state index is 8.04. The van der Waals surface area contributed by atoms with E-state index >= 15 is 0 Å². The number of nitrogens with zero attached hydrogens (tertiary/aromatic N) is 2. The Morgan fingerprint density at radius 3 is 3.22 bits per heavy atom. The molecule has 0 saturated heterocycles. The van der Waals surface area contributed by atoms with Crippen molar-refractivity contribution in [2.24, 2.45) is 0 Å². The molecule has 0 fully saturated rings. The first-order valence-electron chi connectivity index (χ1n) is 6.29. The molecule has 1 aromatic carbocycles. The Hall–Kier alpha value is -2.36. The molecule has 0 atom stereocenters. The molecule has 0 bridgehead atoms. The third-order valence-corrected chi connectivity index (χ3v) is 3.25. The zero-order chi connectivity index (χ0) is 13.0. The number of ether oxygens (including phenoxy) is 1. The summed E-state index contributed by atoms with van der Waals surface area (Å²) in [5.41, 5.74) is 4.74. The molecule has 1 N–H and O–H groups in total. The van der Waals surface area contributed by atoms with E-state index in [2.05, 4.69) is 21.2 Å². The zero-order valence-electron chi connectivity index (χ0n) is 10.8. The number of hydrogen-bond donors (Lipinski definition) is 1. The van der Waals surface area contributed by atoms with E-state index in [0.717, 1.165) is 27.6 Å². The number of fused-ring (bicyclic) bond motifs is 4. The van der Waals surface area contributed by atoms with E-state index in [-0.39, 0.29) is 0 Å². The van der Waals surface area contributed by atoms with Gasteiger partial charge in [-0.05, 0) is 30.2 Å². The molecule has 1 aliphatic heterocycles. The van der Waals surface area contributed by atoms with E-state index in [4.69, 9.17) is 6.11 Å². The van der Waals surface area contributed by atoms with E-state index in [1.807, 2.05) is 13.0 Å². The number of H-pyrrole nitrogens is 1. The normalized spacial score (nSPS) is 13.7.